The Labute approximate surface area is 128 Å². The van der Waals surface area contributed by atoms with E-state index in [1.165, 1.54) is 0 Å². The van der Waals surface area contributed by atoms with E-state index in [4.69, 9.17) is 10.2 Å². The molecule has 0 aliphatic carbocycles. The van der Waals surface area contributed by atoms with Crippen LogP contribution in [0, 0.1) is 0 Å². The number of pyridine rings is 1. The minimum absolute atomic E-state index is 0.558. The number of likely N-dealkylation sites (tertiary alicyclic amines) is 1. The fourth-order valence-electron chi connectivity index (χ4n) is 2.06. The van der Waals surface area contributed by atoms with Gasteiger partial charge in [0.25, 0.3) is 0 Å². The van der Waals surface area contributed by atoms with Gasteiger partial charge in [0.1, 0.15) is 0 Å². The largest absolute Gasteiger partial charge is 0.478 e. The van der Waals surface area contributed by atoms with Crippen molar-refractivity contribution >= 4 is 11.9 Å². The van der Waals surface area contributed by atoms with E-state index in [0.29, 0.717) is 12.2 Å². The first kappa shape index (κ1) is 17.8. The Bertz CT molecular complexity index is 506. The van der Waals surface area contributed by atoms with Crippen LogP contribution < -0.4 is 0 Å². The van der Waals surface area contributed by atoms with Crippen molar-refractivity contribution in [1.29, 1.82) is 0 Å². The van der Waals surface area contributed by atoms with Gasteiger partial charge in [0.15, 0.2) is 0 Å². The molecule has 7 heteroatoms. The third-order valence-electron chi connectivity index (χ3n) is 3.38. The van der Waals surface area contributed by atoms with Crippen molar-refractivity contribution in [3.8, 4) is 0 Å². The lowest BCUT2D eigenvalue weighted by atomic mass is 9.85. The Morgan fingerprint density at radius 3 is 2.18 bits per heavy atom. The van der Waals surface area contributed by atoms with Crippen LogP contribution in [0.5, 0.6) is 0 Å². The Kier molecular flexibility index (Phi) is 6.68. The molecule has 2 heterocycles. The van der Waals surface area contributed by atoms with E-state index in [1.807, 2.05) is 12.1 Å². The lowest BCUT2D eigenvalue weighted by Gasteiger charge is -2.36. The molecule has 1 aliphatic rings. The SMILES string of the molecule is CN1CCC(O)(c2cccnc2)CC1.O=C(O)/C=C\C(=O)O. The van der Waals surface area contributed by atoms with Crippen LogP contribution in [0.15, 0.2) is 36.7 Å². The Balaban J connectivity index is 0.000000261. The van der Waals surface area contributed by atoms with Crippen molar-refractivity contribution < 1.29 is 24.9 Å². The topological polar surface area (TPSA) is 111 Å². The van der Waals surface area contributed by atoms with Crippen LogP contribution in [-0.4, -0.2) is 57.3 Å². The molecule has 1 aromatic rings. The second-order valence-corrected chi connectivity index (χ2v) is 5.09. The summed E-state index contributed by atoms with van der Waals surface area (Å²) >= 11 is 0. The number of carbonyl (C=O) groups is 2. The minimum Gasteiger partial charge on any atom is -0.478 e. The van der Waals surface area contributed by atoms with E-state index in [0.717, 1.165) is 31.5 Å². The van der Waals surface area contributed by atoms with Crippen molar-refractivity contribution in [2.24, 2.45) is 0 Å². The van der Waals surface area contributed by atoms with Crippen LogP contribution in [0.2, 0.25) is 0 Å². The maximum atomic E-state index is 10.4. The second-order valence-electron chi connectivity index (χ2n) is 5.09. The number of aromatic nitrogens is 1. The molecule has 0 spiro atoms. The zero-order valence-corrected chi connectivity index (χ0v) is 12.3. The maximum absolute atomic E-state index is 10.4. The van der Waals surface area contributed by atoms with Gasteiger partial charge in [-0.15, -0.1) is 0 Å². The quantitative estimate of drug-likeness (QED) is 0.705. The van der Waals surface area contributed by atoms with E-state index in [9.17, 15) is 14.7 Å². The smallest absolute Gasteiger partial charge is 0.328 e. The van der Waals surface area contributed by atoms with E-state index in [1.54, 1.807) is 12.4 Å². The van der Waals surface area contributed by atoms with Crippen molar-refractivity contribution in [3.63, 3.8) is 0 Å². The average molecular weight is 308 g/mol. The number of piperidine rings is 1. The molecule has 1 saturated heterocycles. The zero-order chi connectivity index (χ0) is 16.6. The number of aliphatic hydroxyl groups is 1. The molecule has 1 fully saturated rings. The lowest BCUT2D eigenvalue weighted by molar-refractivity contribution is -0.134. The molecule has 0 bridgehead atoms. The molecule has 0 amide bonds. The van der Waals surface area contributed by atoms with Gasteiger partial charge >= 0.3 is 11.9 Å². The van der Waals surface area contributed by atoms with E-state index in [-0.39, 0.29) is 0 Å². The lowest BCUT2D eigenvalue weighted by Crippen LogP contribution is -2.40. The molecule has 120 valence electrons. The number of carboxylic acid groups (broad SMARTS) is 2. The summed E-state index contributed by atoms with van der Waals surface area (Å²) in [6.07, 6.45) is 6.22. The first-order valence-electron chi connectivity index (χ1n) is 6.79. The van der Waals surface area contributed by atoms with Gasteiger partial charge in [-0.3, -0.25) is 4.98 Å². The summed E-state index contributed by atoms with van der Waals surface area (Å²) < 4.78 is 0. The first-order chi connectivity index (χ1) is 10.3. The molecular weight excluding hydrogens is 288 g/mol. The van der Waals surface area contributed by atoms with Crippen LogP contribution in [-0.2, 0) is 15.2 Å². The summed E-state index contributed by atoms with van der Waals surface area (Å²) in [6.45, 7) is 1.90. The molecule has 0 radical (unpaired) electrons. The third-order valence-corrected chi connectivity index (χ3v) is 3.38. The molecule has 0 saturated carbocycles. The Morgan fingerprint density at radius 2 is 1.77 bits per heavy atom. The number of hydrogen-bond acceptors (Lipinski definition) is 5. The second kappa shape index (κ2) is 8.26. The van der Waals surface area contributed by atoms with Gasteiger partial charge in [-0.1, -0.05) is 6.07 Å². The summed E-state index contributed by atoms with van der Waals surface area (Å²) in [5.41, 5.74) is 0.300. The van der Waals surface area contributed by atoms with Gasteiger partial charge in [0.2, 0.25) is 0 Å². The monoisotopic (exact) mass is 308 g/mol. The standard InChI is InChI=1S/C11H16N2O.C4H4O4/c1-13-7-4-11(14,5-8-13)10-3-2-6-12-9-10;5-3(6)1-2-4(7)8/h2-3,6,9,14H,4-5,7-8H2,1H3;1-2H,(H,5,6)(H,7,8)/b;2-1-. The van der Waals surface area contributed by atoms with Crippen LogP contribution in [0.25, 0.3) is 0 Å². The number of carboxylic acids is 2. The van der Waals surface area contributed by atoms with Crippen LogP contribution >= 0.6 is 0 Å². The van der Waals surface area contributed by atoms with Crippen LogP contribution in [0.4, 0.5) is 0 Å². The van der Waals surface area contributed by atoms with E-state index < -0.39 is 17.5 Å². The number of rotatable bonds is 3. The molecule has 0 aromatic carbocycles. The summed E-state index contributed by atoms with van der Waals surface area (Å²) in [6, 6.07) is 3.84. The number of aliphatic carboxylic acids is 2. The van der Waals surface area contributed by atoms with Gasteiger partial charge in [-0.05, 0) is 26.0 Å². The highest BCUT2D eigenvalue weighted by atomic mass is 16.4. The normalized spacial score (nSPS) is 17.5. The molecule has 1 aliphatic heterocycles. The molecular formula is C15H20N2O5. The Morgan fingerprint density at radius 1 is 1.23 bits per heavy atom. The molecule has 7 nitrogen and oxygen atoms in total. The maximum Gasteiger partial charge on any atom is 0.328 e. The fraction of sp³-hybridized carbons (Fsp3) is 0.400. The predicted molar refractivity (Wildman–Crippen MR) is 79.3 cm³/mol. The van der Waals surface area contributed by atoms with E-state index in [2.05, 4.69) is 16.9 Å². The highest BCUT2D eigenvalue weighted by Crippen LogP contribution is 2.31. The van der Waals surface area contributed by atoms with Gasteiger partial charge in [0, 0.05) is 43.2 Å². The molecule has 3 N–H and O–H groups in total. The summed E-state index contributed by atoms with van der Waals surface area (Å²) in [5, 5.41) is 26.0. The van der Waals surface area contributed by atoms with Crippen LogP contribution in [0.1, 0.15) is 18.4 Å². The Hall–Kier alpha value is -2.25. The highest BCUT2D eigenvalue weighted by molar-refractivity contribution is 5.89. The fourth-order valence-corrected chi connectivity index (χ4v) is 2.06. The van der Waals surface area contributed by atoms with E-state index >= 15 is 0 Å². The predicted octanol–water partition coefficient (Wildman–Crippen LogP) is 0.707. The van der Waals surface area contributed by atoms with Gasteiger partial charge in [-0.25, -0.2) is 9.59 Å². The molecule has 22 heavy (non-hydrogen) atoms. The minimum atomic E-state index is -1.26. The van der Waals surface area contributed by atoms with Gasteiger partial charge < -0.3 is 20.2 Å². The number of nitrogens with zero attached hydrogens (tertiary/aromatic N) is 2. The third kappa shape index (κ3) is 6.02. The van der Waals surface area contributed by atoms with Crippen molar-refractivity contribution in [2.75, 3.05) is 20.1 Å². The first-order valence-corrected chi connectivity index (χ1v) is 6.79. The van der Waals surface area contributed by atoms with Crippen molar-refractivity contribution in [3.05, 3.63) is 42.2 Å². The summed E-state index contributed by atoms with van der Waals surface area (Å²) in [4.78, 5) is 25.4. The van der Waals surface area contributed by atoms with Crippen molar-refractivity contribution in [1.82, 2.24) is 9.88 Å². The number of hydrogen-bond donors (Lipinski definition) is 3. The zero-order valence-electron chi connectivity index (χ0n) is 12.3. The van der Waals surface area contributed by atoms with Crippen molar-refractivity contribution in [2.45, 2.75) is 18.4 Å². The summed E-state index contributed by atoms with van der Waals surface area (Å²) in [5.74, 6) is -2.51. The summed E-state index contributed by atoms with van der Waals surface area (Å²) in [7, 11) is 2.09. The molecule has 0 atom stereocenters. The van der Waals surface area contributed by atoms with Gasteiger partial charge in [-0.2, -0.15) is 0 Å². The molecule has 0 unspecified atom stereocenters. The average Bonchev–Trinajstić information content (AvgIpc) is 2.50. The van der Waals surface area contributed by atoms with Crippen LogP contribution in [0.3, 0.4) is 0 Å². The van der Waals surface area contributed by atoms with Gasteiger partial charge in [0.05, 0.1) is 5.60 Å². The molecule has 2 rings (SSSR count). The molecule has 1 aromatic heterocycles. The highest BCUT2D eigenvalue weighted by Gasteiger charge is 2.32.